The van der Waals surface area contributed by atoms with E-state index in [1.807, 2.05) is 25.1 Å². The van der Waals surface area contributed by atoms with Gasteiger partial charge >= 0.3 is 0 Å². The number of carbonyl (C=O) groups is 1. The lowest BCUT2D eigenvalue weighted by atomic mass is 10.1. The molecule has 0 bridgehead atoms. The van der Waals surface area contributed by atoms with E-state index >= 15 is 0 Å². The molecule has 26 heavy (non-hydrogen) atoms. The fourth-order valence-electron chi connectivity index (χ4n) is 2.87. The van der Waals surface area contributed by atoms with E-state index in [9.17, 15) is 4.79 Å². The molecule has 0 aliphatic carbocycles. The molecule has 2 aromatic rings. The first-order valence-electron chi connectivity index (χ1n) is 8.07. The van der Waals surface area contributed by atoms with Gasteiger partial charge in [-0.05, 0) is 31.2 Å². The first-order chi connectivity index (χ1) is 12.4. The summed E-state index contributed by atoms with van der Waals surface area (Å²) in [6.07, 6.45) is 0.516. The summed E-state index contributed by atoms with van der Waals surface area (Å²) in [5.41, 5.74) is 8.71. The van der Waals surface area contributed by atoms with Crippen molar-refractivity contribution in [2.75, 3.05) is 18.1 Å². The summed E-state index contributed by atoms with van der Waals surface area (Å²) in [4.78, 5) is 18.8. The average molecular weight is 392 g/mol. The quantitative estimate of drug-likeness (QED) is 0.619. The molecule has 1 aromatic carbocycles. The zero-order chi connectivity index (χ0) is 18.8. The van der Waals surface area contributed by atoms with Crippen LogP contribution in [0.3, 0.4) is 0 Å². The van der Waals surface area contributed by atoms with Gasteiger partial charge in [-0.15, -0.1) is 0 Å². The lowest BCUT2D eigenvalue weighted by molar-refractivity contribution is 0.0762. The van der Waals surface area contributed by atoms with Crippen LogP contribution in [0.15, 0.2) is 47.8 Å². The summed E-state index contributed by atoms with van der Waals surface area (Å²) in [5, 5.41) is 2.07. The molecule has 2 heterocycles. The van der Waals surface area contributed by atoms with E-state index in [-0.39, 0.29) is 17.5 Å². The number of amides is 1. The SMILES string of the molecule is Cc1cccc(N(N)C2=C(N)CN(C(=O)c3cccc(Cl)c3Cl)CC2)n1. The Morgan fingerprint density at radius 1 is 1.23 bits per heavy atom. The van der Waals surface area contributed by atoms with Crippen molar-refractivity contribution < 1.29 is 4.79 Å². The Morgan fingerprint density at radius 3 is 2.65 bits per heavy atom. The minimum atomic E-state index is -0.211. The van der Waals surface area contributed by atoms with Crippen LogP contribution in [0, 0.1) is 6.92 Å². The summed E-state index contributed by atoms with van der Waals surface area (Å²) in [6.45, 7) is 2.62. The van der Waals surface area contributed by atoms with E-state index < -0.39 is 0 Å². The first kappa shape index (κ1) is 18.5. The second-order valence-corrected chi connectivity index (χ2v) is 6.84. The molecule has 1 aliphatic heterocycles. The molecule has 6 nitrogen and oxygen atoms in total. The van der Waals surface area contributed by atoms with Gasteiger partial charge in [0.2, 0.25) is 0 Å². The van der Waals surface area contributed by atoms with Crippen LogP contribution in [0.4, 0.5) is 5.82 Å². The minimum absolute atomic E-state index is 0.211. The van der Waals surface area contributed by atoms with Crippen molar-refractivity contribution in [3.8, 4) is 0 Å². The highest BCUT2D eigenvalue weighted by Gasteiger charge is 2.26. The maximum absolute atomic E-state index is 12.8. The van der Waals surface area contributed by atoms with E-state index in [2.05, 4.69) is 4.98 Å². The molecular weight excluding hydrogens is 373 g/mol. The number of pyridine rings is 1. The summed E-state index contributed by atoms with van der Waals surface area (Å²) < 4.78 is 0. The number of aromatic nitrogens is 1. The topological polar surface area (TPSA) is 88.5 Å². The molecule has 0 spiro atoms. The molecule has 8 heteroatoms. The molecule has 0 saturated carbocycles. The van der Waals surface area contributed by atoms with Crippen LogP contribution < -0.4 is 16.6 Å². The molecule has 0 unspecified atom stereocenters. The number of anilines is 1. The molecule has 1 amide bonds. The lowest BCUT2D eigenvalue weighted by Crippen LogP contribution is -2.44. The van der Waals surface area contributed by atoms with Gasteiger partial charge in [0, 0.05) is 24.4 Å². The van der Waals surface area contributed by atoms with E-state index in [1.165, 1.54) is 5.01 Å². The highest BCUT2D eigenvalue weighted by molar-refractivity contribution is 6.43. The Bertz CT molecular complexity index is 884. The molecule has 4 N–H and O–H groups in total. The number of rotatable bonds is 3. The van der Waals surface area contributed by atoms with Gasteiger partial charge in [0.15, 0.2) is 0 Å². The Balaban J connectivity index is 1.81. The van der Waals surface area contributed by atoms with Crippen molar-refractivity contribution >= 4 is 34.9 Å². The highest BCUT2D eigenvalue weighted by Crippen LogP contribution is 2.28. The predicted molar refractivity (Wildman–Crippen MR) is 104 cm³/mol. The molecular formula is C18H19Cl2N5O. The van der Waals surface area contributed by atoms with Crippen molar-refractivity contribution in [2.45, 2.75) is 13.3 Å². The summed E-state index contributed by atoms with van der Waals surface area (Å²) >= 11 is 12.2. The van der Waals surface area contributed by atoms with Crippen molar-refractivity contribution in [3.63, 3.8) is 0 Å². The van der Waals surface area contributed by atoms with Crippen LogP contribution in [0.25, 0.3) is 0 Å². The van der Waals surface area contributed by atoms with E-state index in [0.717, 1.165) is 11.4 Å². The summed E-state index contributed by atoms with van der Waals surface area (Å²) in [7, 11) is 0. The van der Waals surface area contributed by atoms with Crippen LogP contribution in [0.5, 0.6) is 0 Å². The van der Waals surface area contributed by atoms with Crippen molar-refractivity contribution in [1.29, 1.82) is 0 Å². The van der Waals surface area contributed by atoms with Crippen LogP contribution in [-0.4, -0.2) is 28.9 Å². The van der Waals surface area contributed by atoms with E-state index in [1.54, 1.807) is 23.1 Å². The third kappa shape index (κ3) is 3.62. The Labute approximate surface area is 162 Å². The maximum atomic E-state index is 12.8. The number of hydrogen-bond donors (Lipinski definition) is 2. The largest absolute Gasteiger partial charge is 0.399 e. The van der Waals surface area contributed by atoms with Gasteiger partial charge in [-0.3, -0.25) is 9.80 Å². The zero-order valence-corrected chi connectivity index (χ0v) is 15.8. The zero-order valence-electron chi connectivity index (χ0n) is 14.2. The monoisotopic (exact) mass is 391 g/mol. The number of nitrogens with two attached hydrogens (primary N) is 2. The fourth-order valence-corrected chi connectivity index (χ4v) is 3.25. The van der Waals surface area contributed by atoms with Crippen molar-refractivity contribution in [2.24, 2.45) is 11.6 Å². The molecule has 136 valence electrons. The molecule has 1 aromatic heterocycles. The van der Waals surface area contributed by atoms with Gasteiger partial charge in [0.25, 0.3) is 5.91 Å². The van der Waals surface area contributed by atoms with Crippen LogP contribution in [0.2, 0.25) is 10.0 Å². The normalized spacial score (nSPS) is 14.5. The van der Waals surface area contributed by atoms with Gasteiger partial charge in [-0.25, -0.2) is 10.8 Å². The maximum Gasteiger partial charge on any atom is 0.255 e. The Kier molecular flexibility index (Phi) is 5.36. The van der Waals surface area contributed by atoms with Crippen LogP contribution in [-0.2, 0) is 0 Å². The van der Waals surface area contributed by atoms with Crippen molar-refractivity contribution in [3.05, 3.63) is 69.1 Å². The minimum Gasteiger partial charge on any atom is -0.399 e. The molecule has 0 fully saturated rings. The number of hydrogen-bond acceptors (Lipinski definition) is 5. The summed E-state index contributed by atoms with van der Waals surface area (Å²) in [6, 6.07) is 10.6. The molecule has 1 aliphatic rings. The highest BCUT2D eigenvalue weighted by atomic mass is 35.5. The van der Waals surface area contributed by atoms with Crippen molar-refractivity contribution in [1.82, 2.24) is 9.88 Å². The number of aryl methyl sites for hydroxylation is 1. The lowest BCUT2D eigenvalue weighted by Gasteiger charge is -2.33. The van der Waals surface area contributed by atoms with E-state index in [4.69, 9.17) is 34.8 Å². The second-order valence-electron chi connectivity index (χ2n) is 6.06. The van der Waals surface area contributed by atoms with Crippen LogP contribution >= 0.6 is 23.2 Å². The molecule has 0 radical (unpaired) electrons. The molecule has 3 rings (SSSR count). The number of carbonyl (C=O) groups excluding carboxylic acids is 1. The number of halogens is 2. The Morgan fingerprint density at radius 2 is 1.96 bits per heavy atom. The standard InChI is InChI=1S/C18H19Cl2N5O/c1-11-4-2-7-16(23-11)25(22)15-8-9-24(10-14(15)21)18(26)12-5-3-6-13(19)17(12)20/h2-7H,8-10,21-22H2,1H3. The predicted octanol–water partition coefficient (Wildman–Crippen LogP) is 3.09. The Hall–Kier alpha value is -2.28. The smallest absolute Gasteiger partial charge is 0.255 e. The van der Waals surface area contributed by atoms with Crippen LogP contribution in [0.1, 0.15) is 22.5 Å². The molecule has 0 atom stereocenters. The third-order valence-corrected chi connectivity index (χ3v) is 5.05. The number of hydrazine groups is 1. The molecule has 0 saturated heterocycles. The van der Waals surface area contributed by atoms with Gasteiger partial charge in [-0.1, -0.05) is 35.3 Å². The number of nitrogens with zero attached hydrogens (tertiary/aromatic N) is 3. The van der Waals surface area contributed by atoms with Gasteiger partial charge in [0.05, 0.1) is 27.9 Å². The van der Waals surface area contributed by atoms with E-state index in [0.29, 0.717) is 35.1 Å². The third-order valence-electron chi connectivity index (χ3n) is 4.23. The average Bonchev–Trinajstić information content (AvgIpc) is 2.63. The van der Waals surface area contributed by atoms with Gasteiger partial charge in [-0.2, -0.15) is 0 Å². The fraction of sp³-hybridized carbons (Fsp3) is 0.222. The second kappa shape index (κ2) is 7.53. The van der Waals surface area contributed by atoms with Gasteiger partial charge < -0.3 is 10.6 Å². The van der Waals surface area contributed by atoms with Gasteiger partial charge in [0.1, 0.15) is 5.82 Å². The number of benzene rings is 1. The first-order valence-corrected chi connectivity index (χ1v) is 8.83. The summed E-state index contributed by atoms with van der Waals surface area (Å²) in [5.74, 6) is 6.60.